The maximum atomic E-state index is 11.0. The Bertz CT molecular complexity index is 226. The number of hydrogen-bond donors (Lipinski definition) is 1. The van der Waals surface area contributed by atoms with Gasteiger partial charge in [-0.3, -0.25) is 0 Å². The van der Waals surface area contributed by atoms with Crippen LogP contribution in [0.1, 0.15) is 65.7 Å². The molecule has 1 heterocycles. The van der Waals surface area contributed by atoms with Crippen molar-refractivity contribution in [1.82, 2.24) is 4.90 Å². The smallest absolute Gasteiger partial charge is 0.0945 e. The van der Waals surface area contributed by atoms with E-state index < -0.39 is 6.17 Å². The van der Waals surface area contributed by atoms with Gasteiger partial charge in [0.1, 0.15) is 0 Å². The molecule has 0 aromatic heterocycles. The molecule has 0 aromatic rings. The van der Waals surface area contributed by atoms with Crippen molar-refractivity contribution in [3.05, 3.63) is 0 Å². The molecule has 1 aliphatic carbocycles. The summed E-state index contributed by atoms with van der Waals surface area (Å²) in [6.45, 7) is 7.66. The number of aliphatic hydroxyl groups excluding tert-OH is 1. The summed E-state index contributed by atoms with van der Waals surface area (Å²) < 4.78 is 11.0. The second kappa shape index (κ2) is 8.91. The third-order valence-corrected chi connectivity index (χ3v) is 4.20. The summed E-state index contributed by atoms with van der Waals surface area (Å²) in [5.74, 6) is 0.941. The van der Waals surface area contributed by atoms with E-state index in [1.165, 1.54) is 52.5 Å². The molecule has 2 fully saturated rings. The molecule has 0 amide bonds. The predicted molar refractivity (Wildman–Crippen MR) is 79.1 cm³/mol. The third kappa shape index (κ3) is 7.26. The van der Waals surface area contributed by atoms with E-state index in [0.717, 1.165) is 25.3 Å². The van der Waals surface area contributed by atoms with Gasteiger partial charge in [-0.15, -0.1) is 0 Å². The van der Waals surface area contributed by atoms with E-state index in [9.17, 15) is 9.50 Å². The lowest BCUT2D eigenvalue weighted by Gasteiger charge is -2.38. The fraction of sp³-hybridized carbons (Fsp3) is 1.00. The first-order valence-electron chi connectivity index (χ1n) is 8.05. The molecule has 0 aromatic carbocycles. The van der Waals surface area contributed by atoms with Gasteiger partial charge in [-0.1, -0.05) is 19.3 Å². The summed E-state index contributed by atoms with van der Waals surface area (Å²) in [5.41, 5.74) is 0. The van der Waals surface area contributed by atoms with E-state index in [2.05, 4.69) is 11.8 Å². The molecule has 1 N–H and O–H groups in total. The molecule has 1 saturated heterocycles. The van der Waals surface area contributed by atoms with Gasteiger partial charge in [-0.2, -0.15) is 0 Å². The van der Waals surface area contributed by atoms with Gasteiger partial charge >= 0.3 is 0 Å². The normalized spacial score (nSPS) is 30.0. The number of hydrogen-bond acceptors (Lipinski definition) is 2. The molecule has 2 rings (SSSR count). The average molecular weight is 273 g/mol. The molecule has 3 heteroatoms. The van der Waals surface area contributed by atoms with Gasteiger partial charge in [0.2, 0.25) is 0 Å². The molecule has 19 heavy (non-hydrogen) atoms. The highest BCUT2D eigenvalue weighted by atomic mass is 19.1. The quantitative estimate of drug-likeness (QED) is 0.827. The Labute approximate surface area is 118 Å². The van der Waals surface area contributed by atoms with Crippen molar-refractivity contribution in [3.8, 4) is 0 Å². The lowest BCUT2D eigenvalue weighted by molar-refractivity contribution is 0.0365. The van der Waals surface area contributed by atoms with Crippen LogP contribution in [0.25, 0.3) is 0 Å². The Morgan fingerprint density at radius 1 is 1.16 bits per heavy atom. The fourth-order valence-electron chi connectivity index (χ4n) is 3.17. The fourth-order valence-corrected chi connectivity index (χ4v) is 3.17. The molecule has 114 valence electrons. The van der Waals surface area contributed by atoms with E-state index in [1.807, 2.05) is 0 Å². The van der Waals surface area contributed by atoms with E-state index >= 15 is 0 Å². The number of nitrogens with zero attached hydrogens (tertiary/aromatic N) is 1. The number of aliphatic hydroxyl groups is 1. The zero-order valence-corrected chi connectivity index (χ0v) is 12.9. The summed E-state index contributed by atoms with van der Waals surface area (Å²) >= 11 is 0. The molecule has 2 aliphatic rings. The van der Waals surface area contributed by atoms with E-state index in [-0.39, 0.29) is 6.10 Å². The first-order chi connectivity index (χ1) is 8.99. The number of halogens is 1. The second-order valence-corrected chi connectivity index (χ2v) is 6.54. The lowest BCUT2D eigenvalue weighted by Crippen LogP contribution is -2.45. The summed E-state index contributed by atoms with van der Waals surface area (Å²) in [6.07, 6.45) is 8.46. The lowest BCUT2D eigenvalue weighted by atomic mass is 9.88. The Morgan fingerprint density at radius 2 is 1.74 bits per heavy atom. The maximum absolute atomic E-state index is 11.0. The van der Waals surface area contributed by atoms with Gasteiger partial charge in [0.25, 0.3) is 0 Å². The average Bonchev–Trinajstić information content (AvgIpc) is 2.33. The second-order valence-electron chi connectivity index (χ2n) is 6.54. The molecular weight excluding hydrogens is 241 g/mol. The van der Waals surface area contributed by atoms with Crippen LogP contribution in [0.2, 0.25) is 0 Å². The van der Waals surface area contributed by atoms with Crippen LogP contribution in [0.15, 0.2) is 0 Å². The molecule has 1 saturated carbocycles. The molecule has 1 aliphatic heterocycles. The third-order valence-electron chi connectivity index (χ3n) is 4.20. The zero-order chi connectivity index (χ0) is 14.3. The van der Waals surface area contributed by atoms with Gasteiger partial charge in [0.15, 0.2) is 0 Å². The topological polar surface area (TPSA) is 23.5 Å². The maximum Gasteiger partial charge on any atom is 0.0945 e. The van der Waals surface area contributed by atoms with Gasteiger partial charge in [-0.05, 0) is 52.4 Å². The highest BCUT2D eigenvalue weighted by Gasteiger charge is 2.26. The highest BCUT2D eigenvalue weighted by Crippen LogP contribution is 2.27. The van der Waals surface area contributed by atoms with Crippen LogP contribution in [0.3, 0.4) is 0 Å². The summed E-state index contributed by atoms with van der Waals surface area (Å²) in [7, 11) is 0. The molecule has 2 atom stereocenters. The Kier molecular flexibility index (Phi) is 7.93. The van der Waals surface area contributed by atoms with Crippen LogP contribution < -0.4 is 0 Å². The van der Waals surface area contributed by atoms with Crippen molar-refractivity contribution in [2.24, 2.45) is 5.92 Å². The van der Waals surface area contributed by atoms with Gasteiger partial charge in [-0.25, -0.2) is 4.39 Å². The van der Waals surface area contributed by atoms with Crippen molar-refractivity contribution in [1.29, 1.82) is 0 Å². The minimum absolute atomic E-state index is 0.0393. The number of likely N-dealkylation sites (tertiary alicyclic amines) is 1. The van der Waals surface area contributed by atoms with Crippen molar-refractivity contribution in [3.63, 3.8) is 0 Å². The summed E-state index contributed by atoms with van der Waals surface area (Å²) in [5, 5.41) is 9.58. The first-order valence-corrected chi connectivity index (χ1v) is 8.05. The summed E-state index contributed by atoms with van der Waals surface area (Å²) in [6, 6.07) is 0.593. The standard InChI is InChI=1S/C13H25NO.C3H7F/c1-11-9-13(15)7-8-14(11)10-12-5-3-2-4-6-12;1-3(2)4/h11-13,15H,2-10H2,1H3;3H,1-2H3. The number of rotatable bonds is 2. The molecule has 0 spiro atoms. The summed E-state index contributed by atoms with van der Waals surface area (Å²) in [4.78, 5) is 2.60. The first kappa shape index (κ1) is 16.9. The zero-order valence-electron chi connectivity index (χ0n) is 12.9. The van der Waals surface area contributed by atoms with Crippen LogP contribution in [0.4, 0.5) is 4.39 Å². The van der Waals surface area contributed by atoms with Crippen LogP contribution in [0.5, 0.6) is 0 Å². The van der Waals surface area contributed by atoms with E-state index in [4.69, 9.17) is 0 Å². The predicted octanol–water partition coefficient (Wildman–Crippen LogP) is 3.78. The molecule has 0 bridgehead atoms. The van der Waals surface area contributed by atoms with Crippen LogP contribution >= 0.6 is 0 Å². The number of alkyl halides is 1. The minimum Gasteiger partial charge on any atom is -0.393 e. The Morgan fingerprint density at radius 3 is 2.26 bits per heavy atom. The minimum atomic E-state index is -0.667. The van der Waals surface area contributed by atoms with Crippen LogP contribution in [0, 0.1) is 5.92 Å². The Balaban J connectivity index is 0.000000399. The highest BCUT2D eigenvalue weighted by molar-refractivity contribution is 4.80. The van der Waals surface area contributed by atoms with Gasteiger partial charge in [0, 0.05) is 19.1 Å². The monoisotopic (exact) mass is 273 g/mol. The SMILES string of the molecule is CC(C)F.CC1CC(O)CCN1CC1CCCCC1. The van der Waals surface area contributed by atoms with Crippen molar-refractivity contribution in [2.45, 2.75) is 84.0 Å². The van der Waals surface area contributed by atoms with E-state index in [0.29, 0.717) is 6.04 Å². The van der Waals surface area contributed by atoms with Crippen LogP contribution in [-0.4, -0.2) is 41.4 Å². The van der Waals surface area contributed by atoms with Crippen molar-refractivity contribution in [2.75, 3.05) is 13.1 Å². The molecule has 0 radical (unpaired) electrons. The molecule has 2 nitrogen and oxygen atoms in total. The Hall–Kier alpha value is -0.150. The van der Waals surface area contributed by atoms with Gasteiger partial charge < -0.3 is 10.0 Å². The molecular formula is C16H32FNO. The number of piperidine rings is 1. The van der Waals surface area contributed by atoms with Crippen molar-refractivity contribution < 1.29 is 9.50 Å². The van der Waals surface area contributed by atoms with E-state index in [1.54, 1.807) is 0 Å². The van der Waals surface area contributed by atoms with Gasteiger partial charge in [0.05, 0.1) is 12.3 Å². The molecule has 2 unspecified atom stereocenters. The van der Waals surface area contributed by atoms with Crippen LogP contribution in [-0.2, 0) is 0 Å². The largest absolute Gasteiger partial charge is 0.393 e. The van der Waals surface area contributed by atoms with Crippen molar-refractivity contribution >= 4 is 0 Å².